The third-order valence-electron chi connectivity index (χ3n) is 6.72. The lowest BCUT2D eigenvalue weighted by molar-refractivity contribution is 0.0841. The maximum absolute atomic E-state index is 14.5. The Morgan fingerprint density at radius 3 is 2.57 bits per heavy atom. The number of fused-ring (bicyclic) bond motifs is 3. The summed E-state index contributed by atoms with van der Waals surface area (Å²) >= 11 is 0. The van der Waals surface area contributed by atoms with Crippen molar-refractivity contribution in [1.29, 1.82) is 0 Å². The normalized spacial score (nSPS) is 20.2. The van der Waals surface area contributed by atoms with Crippen molar-refractivity contribution in [2.45, 2.75) is 73.1 Å². The van der Waals surface area contributed by atoms with Crippen LogP contribution in [0.5, 0.6) is 0 Å². The van der Waals surface area contributed by atoms with Crippen molar-refractivity contribution < 1.29 is 13.9 Å². The highest BCUT2D eigenvalue weighted by atomic mass is 19.1. The molecule has 0 saturated carbocycles. The van der Waals surface area contributed by atoms with Crippen LogP contribution < -0.4 is 4.90 Å². The Morgan fingerprint density at radius 1 is 1.29 bits per heavy atom. The minimum absolute atomic E-state index is 0.108. The number of carbonyl (C=O) groups excluding carboxylic acids is 1. The smallest absolute Gasteiger partial charge is 0.283 e. The van der Waals surface area contributed by atoms with Gasteiger partial charge >= 0.3 is 0 Å². The SMILES string of the molecule is C=CC(OC)/C(F)=C\C=C(/C)c1nc2c(n1CC(C)CCC)N1C[C@@H](C(C)C)N=C1N(CC)C2=O. The molecule has 8 heteroatoms. The number of guanidine groups is 1. The van der Waals surface area contributed by atoms with Crippen molar-refractivity contribution in [2.75, 3.05) is 25.1 Å². The Hall–Kier alpha value is -2.74. The van der Waals surface area contributed by atoms with Gasteiger partial charge in [-0.15, -0.1) is 6.58 Å². The molecular weight excluding hydrogens is 445 g/mol. The van der Waals surface area contributed by atoms with Gasteiger partial charge in [0.2, 0.25) is 5.96 Å². The molecule has 1 aromatic heterocycles. The number of methoxy groups -OCH3 is 1. The number of allylic oxidation sites excluding steroid dienone is 3. The fraction of sp³-hybridized carbons (Fsp3) is 0.593. The van der Waals surface area contributed by atoms with Gasteiger partial charge in [-0.1, -0.05) is 46.3 Å². The molecule has 0 aromatic carbocycles. The maximum atomic E-state index is 14.5. The second-order valence-corrected chi connectivity index (χ2v) is 9.81. The lowest BCUT2D eigenvalue weighted by Gasteiger charge is -2.34. The number of anilines is 1. The number of hydrogen-bond acceptors (Lipinski definition) is 5. The Labute approximate surface area is 209 Å². The van der Waals surface area contributed by atoms with Crippen molar-refractivity contribution in [3.63, 3.8) is 0 Å². The molecule has 0 saturated heterocycles. The van der Waals surface area contributed by atoms with E-state index in [2.05, 4.69) is 43.7 Å². The van der Waals surface area contributed by atoms with E-state index in [9.17, 15) is 9.18 Å². The van der Waals surface area contributed by atoms with Crippen LogP contribution in [0.3, 0.4) is 0 Å². The van der Waals surface area contributed by atoms with Gasteiger partial charge in [-0.2, -0.15) is 0 Å². The first-order valence-corrected chi connectivity index (χ1v) is 12.7. The predicted molar refractivity (Wildman–Crippen MR) is 140 cm³/mol. The summed E-state index contributed by atoms with van der Waals surface area (Å²) in [4.78, 5) is 27.2. The fourth-order valence-electron chi connectivity index (χ4n) is 4.71. The van der Waals surface area contributed by atoms with Gasteiger partial charge in [0.15, 0.2) is 5.69 Å². The largest absolute Gasteiger partial charge is 0.370 e. The molecule has 2 aliphatic heterocycles. The summed E-state index contributed by atoms with van der Waals surface area (Å²) in [5.41, 5.74) is 1.21. The topological polar surface area (TPSA) is 63.0 Å². The van der Waals surface area contributed by atoms with Crippen LogP contribution in [0, 0.1) is 11.8 Å². The molecular formula is C27H40FN5O2. The molecule has 0 N–H and O–H groups in total. The first-order chi connectivity index (χ1) is 16.7. The number of amides is 1. The molecule has 0 aliphatic carbocycles. The third-order valence-corrected chi connectivity index (χ3v) is 6.72. The zero-order valence-electron chi connectivity index (χ0n) is 22.2. The summed E-state index contributed by atoms with van der Waals surface area (Å²) in [5.74, 6) is 2.36. The van der Waals surface area contributed by atoms with E-state index in [4.69, 9.17) is 14.7 Å². The molecule has 1 aromatic rings. The monoisotopic (exact) mass is 485 g/mol. The van der Waals surface area contributed by atoms with Crippen molar-refractivity contribution in [1.82, 2.24) is 14.5 Å². The third kappa shape index (κ3) is 5.27. The molecule has 0 bridgehead atoms. The minimum atomic E-state index is -0.799. The van der Waals surface area contributed by atoms with E-state index in [-0.39, 0.29) is 11.9 Å². The average molecular weight is 486 g/mol. The van der Waals surface area contributed by atoms with E-state index in [0.29, 0.717) is 48.9 Å². The molecule has 3 atom stereocenters. The number of aliphatic imine (C=N–C) groups is 1. The molecule has 0 spiro atoms. The van der Waals surface area contributed by atoms with E-state index < -0.39 is 11.9 Å². The van der Waals surface area contributed by atoms with Gasteiger partial charge in [0.25, 0.3) is 5.91 Å². The maximum Gasteiger partial charge on any atom is 0.283 e. The number of aromatic nitrogens is 2. The fourth-order valence-corrected chi connectivity index (χ4v) is 4.71. The van der Waals surface area contributed by atoms with Crippen LogP contribution in [0.25, 0.3) is 5.57 Å². The van der Waals surface area contributed by atoms with Crippen LogP contribution >= 0.6 is 0 Å². The molecule has 7 nitrogen and oxygen atoms in total. The zero-order valence-corrected chi connectivity index (χ0v) is 22.2. The van der Waals surface area contributed by atoms with Gasteiger partial charge in [0.1, 0.15) is 23.6 Å². The molecule has 35 heavy (non-hydrogen) atoms. The summed E-state index contributed by atoms with van der Waals surface area (Å²) in [6, 6.07) is 0.108. The van der Waals surface area contributed by atoms with Crippen molar-refractivity contribution in [2.24, 2.45) is 16.8 Å². The second-order valence-electron chi connectivity index (χ2n) is 9.81. The molecule has 1 amide bonds. The molecule has 0 fully saturated rings. The highest BCUT2D eigenvalue weighted by molar-refractivity contribution is 6.18. The quantitative estimate of drug-likeness (QED) is 0.309. The summed E-state index contributed by atoms with van der Waals surface area (Å²) in [6.45, 7) is 18.1. The summed E-state index contributed by atoms with van der Waals surface area (Å²) in [7, 11) is 1.44. The molecule has 2 unspecified atom stereocenters. The first kappa shape index (κ1) is 26.9. The summed E-state index contributed by atoms with van der Waals surface area (Å²) in [5, 5.41) is 0. The van der Waals surface area contributed by atoms with Gasteiger partial charge in [0.05, 0.1) is 12.6 Å². The Balaban J connectivity index is 2.15. The summed E-state index contributed by atoms with van der Waals surface area (Å²) in [6.07, 6.45) is 5.83. The molecule has 2 aliphatic rings. The average Bonchev–Trinajstić information content (AvgIpc) is 3.41. The van der Waals surface area contributed by atoms with E-state index in [1.54, 1.807) is 11.0 Å². The van der Waals surface area contributed by atoms with Crippen LogP contribution in [0.4, 0.5) is 10.2 Å². The van der Waals surface area contributed by atoms with E-state index >= 15 is 0 Å². The number of carbonyl (C=O) groups is 1. The number of imidazole rings is 1. The summed E-state index contributed by atoms with van der Waals surface area (Å²) < 4.78 is 21.8. The predicted octanol–water partition coefficient (Wildman–Crippen LogP) is 5.45. The van der Waals surface area contributed by atoms with Gasteiger partial charge < -0.3 is 9.30 Å². The first-order valence-electron chi connectivity index (χ1n) is 12.7. The van der Waals surface area contributed by atoms with Crippen molar-refractivity contribution in [3.8, 4) is 0 Å². The molecule has 3 heterocycles. The standard InChI is InChI=1S/C27H40FN5O2/c1-9-12-18(6)15-32-24(19(7)13-14-20(28)22(10-2)35-8)30-23-25(32)33-16-21(17(4)5)29-27(33)31(11-3)26(23)34/h10,13-14,17-18,21-22H,2,9,11-12,15-16H2,1,3-8H3/b19-13+,20-14+/t18?,21-,22?/m0/s1. The number of nitrogens with zero attached hydrogens (tertiary/aromatic N) is 5. The van der Waals surface area contributed by atoms with Crippen LogP contribution in [-0.4, -0.2) is 58.7 Å². The highest BCUT2D eigenvalue weighted by Crippen LogP contribution is 2.36. The van der Waals surface area contributed by atoms with Crippen LogP contribution in [0.15, 0.2) is 35.6 Å². The van der Waals surface area contributed by atoms with Gasteiger partial charge in [-0.05, 0) is 43.8 Å². The van der Waals surface area contributed by atoms with Gasteiger partial charge in [-0.25, -0.2) is 14.4 Å². The number of ether oxygens (including phenoxy) is 1. The zero-order chi connectivity index (χ0) is 25.9. The number of rotatable bonds is 11. The Morgan fingerprint density at radius 2 is 2.00 bits per heavy atom. The van der Waals surface area contributed by atoms with Crippen LogP contribution in [0.1, 0.15) is 70.7 Å². The number of hydrogen-bond donors (Lipinski definition) is 0. The van der Waals surface area contributed by atoms with Crippen LogP contribution in [0.2, 0.25) is 0 Å². The Kier molecular flexibility index (Phi) is 8.70. The molecule has 3 rings (SSSR count). The Bertz CT molecular complexity index is 1040. The lowest BCUT2D eigenvalue weighted by Crippen LogP contribution is -2.50. The lowest BCUT2D eigenvalue weighted by atomic mass is 10.1. The molecule has 0 radical (unpaired) electrons. The highest BCUT2D eigenvalue weighted by Gasteiger charge is 2.44. The minimum Gasteiger partial charge on any atom is -0.370 e. The number of halogens is 1. The van der Waals surface area contributed by atoms with Crippen LogP contribution in [-0.2, 0) is 11.3 Å². The van der Waals surface area contributed by atoms with Crippen molar-refractivity contribution in [3.05, 3.63) is 42.2 Å². The van der Waals surface area contributed by atoms with Gasteiger partial charge in [-0.3, -0.25) is 14.6 Å². The molecule has 192 valence electrons. The van der Waals surface area contributed by atoms with E-state index in [1.165, 1.54) is 19.3 Å². The van der Waals surface area contributed by atoms with E-state index in [1.807, 2.05) is 13.8 Å². The van der Waals surface area contributed by atoms with Crippen molar-refractivity contribution >= 4 is 23.3 Å². The van der Waals surface area contributed by atoms with E-state index in [0.717, 1.165) is 24.2 Å². The van der Waals surface area contributed by atoms with Gasteiger partial charge in [0, 0.05) is 20.2 Å². The second kappa shape index (κ2) is 11.3.